The zero-order valence-corrected chi connectivity index (χ0v) is 22.7. The number of ketones is 2. The molecule has 0 bridgehead atoms. The highest BCUT2D eigenvalue weighted by Crippen LogP contribution is 2.35. The second-order valence-corrected chi connectivity index (χ2v) is 10.3. The molecule has 14 nitrogen and oxygen atoms in total. The molecule has 15 heteroatoms. The van der Waals surface area contributed by atoms with Gasteiger partial charge in [0, 0.05) is 6.42 Å². The summed E-state index contributed by atoms with van der Waals surface area (Å²) in [5.74, 6) is -4.97. The van der Waals surface area contributed by atoms with Crippen molar-refractivity contribution in [2.24, 2.45) is 5.92 Å². The zero-order chi connectivity index (χ0) is 31.2. The number of aliphatic carboxylic acids is 1. The number of aliphatic hydroxyl groups is 3. The largest absolute Gasteiger partial charge is 0.504 e. The molecule has 1 aliphatic carbocycles. The van der Waals surface area contributed by atoms with Crippen LogP contribution in [0, 0.1) is 5.92 Å². The number of carbonyl (C=O) groups is 3. The molecule has 5 unspecified atom stereocenters. The number of benzene rings is 2. The molecule has 0 amide bonds. The van der Waals surface area contributed by atoms with Crippen molar-refractivity contribution in [3.63, 3.8) is 0 Å². The highest BCUT2D eigenvalue weighted by molar-refractivity contribution is 7.81. The second-order valence-electron chi connectivity index (χ2n) is 9.23. The van der Waals surface area contributed by atoms with E-state index in [-0.39, 0.29) is 22.8 Å². The van der Waals surface area contributed by atoms with E-state index in [4.69, 9.17) is 9.47 Å². The normalized spacial score (nSPS) is 22.6. The minimum absolute atomic E-state index is 0.0805. The fourth-order valence-corrected chi connectivity index (χ4v) is 4.44. The summed E-state index contributed by atoms with van der Waals surface area (Å²) >= 11 is 0. The van der Waals surface area contributed by atoms with Crippen molar-refractivity contribution in [2.45, 2.75) is 37.3 Å². The number of ether oxygens (including phenoxy) is 2. The van der Waals surface area contributed by atoms with E-state index >= 15 is 0 Å². The molecular weight excluding hydrogens is 580 g/mol. The molecule has 1 fully saturated rings. The molecule has 2 aromatic carbocycles. The minimum Gasteiger partial charge on any atom is -0.504 e. The summed E-state index contributed by atoms with van der Waals surface area (Å²) in [6.45, 7) is 0. The summed E-state index contributed by atoms with van der Waals surface area (Å²) < 4.78 is 47.0. The average Bonchev–Trinajstić information content (AvgIpc) is 2.91. The number of aliphatic hydroxyl groups excluding tert-OH is 3. The summed E-state index contributed by atoms with van der Waals surface area (Å²) in [5.41, 5.74) is 0.705. The molecule has 3 rings (SSSR count). The summed E-state index contributed by atoms with van der Waals surface area (Å²) in [6.07, 6.45) is -2.93. The van der Waals surface area contributed by atoms with Gasteiger partial charge in [0.1, 0.15) is 18.3 Å². The van der Waals surface area contributed by atoms with E-state index in [0.29, 0.717) is 5.56 Å². The van der Waals surface area contributed by atoms with Crippen molar-refractivity contribution < 1.29 is 66.5 Å². The van der Waals surface area contributed by atoms with Crippen molar-refractivity contribution in [1.82, 2.24) is 0 Å². The summed E-state index contributed by atoms with van der Waals surface area (Å²) in [4.78, 5) is 35.9. The summed E-state index contributed by atoms with van der Waals surface area (Å²) in [7, 11) is -3.72. The van der Waals surface area contributed by atoms with Gasteiger partial charge in [0.25, 0.3) is 0 Å². The lowest BCUT2D eigenvalue weighted by Crippen LogP contribution is -2.57. The number of aromatic hydroxyl groups is 1. The van der Waals surface area contributed by atoms with E-state index in [2.05, 4.69) is 4.18 Å². The number of carbonyl (C=O) groups excluding carboxylic acids is 2. The quantitative estimate of drug-likeness (QED) is 0.111. The lowest BCUT2D eigenvalue weighted by Gasteiger charge is -2.38. The van der Waals surface area contributed by atoms with Gasteiger partial charge in [-0.15, -0.1) is 0 Å². The van der Waals surface area contributed by atoms with Crippen LogP contribution in [-0.2, 0) is 24.8 Å². The zero-order valence-electron chi connectivity index (χ0n) is 21.9. The van der Waals surface area contributed by atoms with Gasteiger partial charge in [-0.05, 0) is 47.5 Å². The maximum atomic E-state index is 12.3. The van der Waals surface area contributed by atoms with E-state index in [1.807, 2.05) is 0 Å². The first kappa shape index (κ1) is 32.2. The van der Waals surface area contributed by atoms with Gasteiger partial charge in [0.15, 0.2) is 34.6 Å². The van der Waals surface area contributed by atoms with Gasteiger partial charge in [-0.25, -0.2) is 0 Å². The Kier molecular flexibility index (Phi) is 10.4. The van der Waals surface area contributed by atoms with Crippen LogP contribution in [0.5, 0.6) is 23.0 Å². The van der Waals surface area contributed by atoms with Crippen molar-refractivity contribution in [1.29, 1.82) is 0 Å². The van der Waals surface area contributed by atoms with Gasteiger partial charge in [-0.1, -0.05) is 24.3 Å². The molecule has 0 aliphatic heterocycles. The molecule has 5 atom stereocenters. The molecule has 1 aliphatic rings. The van der Waals surface area contributed by atoms with Gasteiger partial charge in [0.2, 0.25) is 0 Å². The van der Waals surface area contributed by atoms with E-state index in [1.54, 1.807) is 0 Å². The monoisotopic (exact) mass is 608 g/mol. The number of rotatable bonds is 12. The first-order chi connectivity index (χ1) is 19.7. The molecule has 6 N–H and O–H groups in total. The van der Waals surface area contributed by atoms with E-state index in [0.717, 1.165) is 18.2 Å². The number of carboxylic acids is 1. The third-order valence-electron chi connectivity index (χ3n) is 6.21. The SMILES string of the molecule is COc1cc(C=CC(=O)CC(=O)C=Cc2ccc(OC3CC(C(=O)O)C(O)C(O)C3O)c(OS(=O)(=O)O)c2)ccc1O. The van der Waals surface area contributed by atoms with Crippen LogP contribution in [0.25, 0.3) is 12.2 Å². The fourth-order valence-electron chi connectivity index (χ4n) is 4.09. The average molecular weight is 609 g/mol. The predicted molar refractivity (Wildman–Crippen MR) is 144 cm³/mol. The standard InChI is InChI=1S/C27H28O14S/c1-39-21-10-14(4-8-19(21)30)2-6-16(28)12-17(29)7-3-15-5-9-20(22(11-15)41-42(36,37)38)40-23-13-18(27(34)35)24(31)26(33)25(23)32/h2-11,18,23-26,30-33H,12-13H2,1H3,(H,34,35)(H,36,37,38). The molecule has 42 heavy (non-hydrogen) atoms. The Morgan fingerprint density at radius 3 is 2.00 bits per heavy atom. The summed E-state index contributed by atoms with van der Waals surface area (Å²) in [6, 6.07) is 7.92. The molecule has 226 valence electrons. The highest BCUT2D eigenvalue weighted by atomic mass is 32.3. The number of carboxylic acid groups (broad SMARTS) is 1. The van der Waals surface area contributed by atoms with Gasteiger partial charge in [0.05, 0.1) is 25.6 Å². The molecule has 0 aromatic heterocycles. The van der Waals surface area contributed by atoms with Gasteiger partial charge in [-0.2, -0.15) is 8.42 Å². The second kappa shape index (κ2) is 13.6. The topological polar surface area (TPSA) is 234 Å². The Balaban J connectivity index is 1.73. The van der Waals surface area contributed by atoms with E-state index in [1.165, 1.54) is 49.6 Å². The number of phenols is 1. The smallest absolute Gasteiger partial charge is 0.446 e. The maximum Gasteiger partial charge on any atom is 0.446 e. The minimum atomic E-state index is -5.09. The number of allylic oxidation sites excluding steroid dienone is 2. The molecule has 0 heterocycles. The van der Waals surface area contributed by atoms with Crippen LogP contribution in [0.15, 0.2) is 48.6 Å². The van der Waals surface area contributed by atoms with Crippen LogP contribution in [0.2, 0.25) is 0 Å². The highest BCUT2D eigenvalue weighted by Gasteiger charge is 2.47. The predicted octanol–water partition coefficient (Wildman–Crippen LogP) is 0.772. The third kappa shape index (κ3) is 8.61. The van der Waals surface area contributed by atoms with Crippen LogP contribution in [0.1, 0.15) is 24.0 Å². The molecule has 0 spiro atoms. The van der Waals surface area contributed by atoms with Gasteiger partial charge in [-0.3, -0.25) is 18.9 Å². The van der Waals surface area contributed by atoms with Crippen molar-refractivity contribution in [3.05, 3.63) is 59.7 Å². The Hall–Kier alpha value is -4.28. The molecular formula is C27H28O14S. The van der Waals surface area contributed by atoms with E-state index < -0.39 is 76.9 Å². The van der Waals surface area contributed by atoms with Crippen LogP contribution in [-0.4, -0.2) is 87.6 Å². The Morgan fingerprint density at radius 2 is 1.45 bits per heavy atom. The fraction of sp³-hybridized carbons (Fsp3) is 0.296. The van der Waals surface area contributed by atoms with Crippen molar-refractivity contribution in [2.75, 3.05) is 7.11 Å². The molecule has 1 saturated carbocycles. The number of hydrogen-bond acceptors (Lipinski definition) is 12. The Labute approximate surface area is 239 Å². The third-order valence-corrected chi connectivity index (χ3v) is 6.60. The van der Waals surface area contributed by atoms with Crippen molar-refractivity contribution in [3.8, 4) is 23.0 Å². The maximum absolute atomic E-state index is 12.3. The van der Waals surface area contributed by atoms with Crippen molar-refractivity contribution >= 4 is 40.1 Å². The van der Waals surface area contributed by atoms with Crippen LogP contribution >= 0.6 is 0 Å². The first-order valence-electron chi connectivity index (χ1n) is 12.2. The van der Waals surface area contributed by atoms with E-state index in [9.17, 15) is 52.9 Å². The lowest BCUT2D eigenvalue weighted by atomic mass is 9.81. The molecule has 0 saturated heterocycles. The summed E-state index contributed by atoms with van der Waals surface area (Å²) in [5, 5.41) is 49.1. The number of phenolic OH excluding ortho intramolecular Hbond substituents is 1. The first-order valence-corrected chi connectivity index (χ1v) is 13.6. The van der Waals surface area contributed by atoms with Crippen LogP contribution in [0.3, 0.4) is 0 Å². The number of methoxy groups -OCH3 is 1. The molecule has 0 radical (unpaired) electrons. The lowest BCUT2D eigenvalue weighted by molar-refractivity contribution is -0.174. The van der Waals surface area contributed by atoms with Gasteiger partial charge >= 0.3 is 16.4 Å². The Bertz CT molecular complexity index is 1500. The van der Waals surface area contributed by atoms with Crippen LogP contribution < -0.4 is 13.7 Å². The Morgan fingerprint density at radius 1 is 0.881 bits per heavy atom. The van der Waals surface area contributed by atoms with Crippen LogP contribution in [0.4, 0.5) is 0 Å². The number of hydrogen-bond donors (Lipinski definition) is 6. The molecule has 2 aromatic rings. The van der Waals surface area contributed by atoms with Gasteiger partial charge < -0.3 is 39.2 Å².